The number of aromatic amines is 1. The maximum atomic E-state index is 13.3. The summed E-state index contributed by atoms with van der Waals surface area (Å²) < 4.78 is 23.4. The van der Waals surface area contributed by atoms with Crippen molar-refractivity contribution in [3.05, 3.63) is 52.6 Å². The van der Waals surface area contributed by atoms with Crippen LogP contribution >= 0.6 is 0 Å². The molecule has 34 heavy (non-hydrogen) atoms. The minimum atomic E-state index is -0.493. The highest BCUT2D eigenvalue weighted by Crippen LogP contribution is 2.23. The van der Waals surface area contributed by atoms with Crippen LogP contribution in [0.15, 0.2) is 24.3 Å². The number of likely N-dealkylation sites (tertiary alicyclic amines) is 1. The molecule has 0 bridgehead atoms. The van der Waals surface area contributed by atoms with Gasteiger partial charge in [-0.25, -0.2) is 14.0 Å². The van der Waals surface area contributed by atoms with Crippen LogP contribution in [0.1, 0.15) is 44.9 Å². The molecule has 2 aromatic rings. The highest BCUT2D eigenvalue weighted by molar-refractivity contribution is 6.00. The fraction of sp³-hybridized carbons (Fsp3) is 0.458. The van der Waals surface area contributed by atoms with Crippen LogP contribution in [0.3, 0.4) is 0 Å². The Morgan fingerprint density at radius 2 is 2.03 bits per heavy atom. The summed E-state index contributed by atoms with van der Waals surface area (Å²) in [7, 11) is 1.52. The molecule has 3 rings (SSSR count). The second-order valence-corrected chi connectivity index (χ2v) is 8.36. The number of nitrogens with zero attached hydrogens (tertiary/aromatic N) is 1. The van der Waals surface area contributed by atoms with Crippen molar-refractivity contribution < 1.29 is 28.2 Å². The largest absolute Gasteiger partial charge is 0.460 e. The lowest BCUT2D eigenvalue weighted by Gasteiger charge is -2.32. The Labute approximate surface area is 198 Å². The predicted octanol–water partition coefficient (Wildman–Crippen LogP) is 3.25. The standard InChI is InChI=1S/C24H31FN4O5/c1-15-20(23(31)34-11-10-33-3)16(2)27-21(15)22(30)29-9-5-6-17(14-29)13-26-24(32)28-19-8-4-7-18(25)12-19/h4,7-8,12,17,27H,5-6,9-11,13-14H2,1-3H3,(H2,26,28,32). The number of aryl methyl sites for hydroxylation is 1. The van der Waals surface area contributed by atoms with E-state index < -0.39 is 17.8 Å². The Kier molecular flexibility index (Phi) is 8.64. The first-order valence-electron chi connectivity index (χ1n) is 11.2. The molecular weight excluding hydrogens is 443 g/mol. The summed E-state index contributed by atoms with van der Waals surface area (Å²) in [4.78, 5) is 42.6. The average molecular weight is 475 g/mol. The molecule has 9 nitrogen and oxygen atoms in total. The topological polar surface area (TPSA) is 113 Å². The molecule has 1 aliphatic rings. The van der Waals surface area contributed by atoms with E-state index in [1.54, 1.807) is 24.8 Å². The molecule has 1 aliphatic heterocycles. The predicted molar refractivity (Wildman–Crippen MR) is 124 cm³/mol. The molecule has 3 amide bonds. The lowest BCUT2D eigenvalue weighted by Crippen LogP contribution is -2.44. The van der Waals surface area contributed by atoms with Crippen LogP contribution in [0.2, 0.25) is 0 Å². The Hall–Kier alpha value is -3.40. The van der Waals surface area contributed by atoms with Gasteiger partial charge in [0.1, 0.15) is 18.1 Å². The van der Waals surface area contributed by atoms with E-state index in [0.29, 0.717) is 54.4 Å². The first-order chi connectivity index (χ1) is 16.3. The van der Waals surface area contributed by atoms with E-state index in [2.05, 4.69) is 15.6 Å². The number of carbonyl (C=O) groups is 3. The quantitative estimate of drug-likeness (QED) is 0.402. The molecule has 1 fully saturated rings. The van der Waals surface area contributed by atoms with Gasteiger partial charge in [-0.05, 0) is 56.4 Å². The fourth-order valence-corrected chi connectivity index (χ4v) is 4.11. The number of nitrogens with one attached hydrogen (secondary N) is 3. The number of anilines is 1. The number of carbonyl (C=O) groups excluding carboxylic acids is 3. The van der Waals surface area contributed by atoms with E-state index in [1.807, 2.05) is 0 Å². The van der Waals surface area contributed by atoms with Crippen LogP contribution in [0.5, 0.6) is 0 Å². The first-order valence-corrected chi connectivity index (χ1v) is 11.2. The molecule has 0 radical (unpaired) electrons. The van der Waals surface area contributed by atoms with Gasteiger partial charge < -0.3 is 30.0 Å². The van der Waals surface area contributed by atoms with Crippen LogP contribution in [0.4, 0.5) is 14.9 Å². The molecule has 1 aromatic carbocycles. The smallest absolute Gasteiger partial charge is 0.340 e. The van der Waals surface area contributed by atoms with E-state index in [4.69, 9.17) is 9.47 Å². The third-order valence-electron chi connectivity index (χ3n) is 5.82. The fourth-order valence-electron chi connectivity index (χ4n) is 4.11. The zero-order valence-electron chi connectivity index (χ0n) is 19.7. The van der Waals surface area contributed by atoms with Gasteiger partial charge in [0.25, 0.3) is 5.91 Å². The second kappa shape index (κ2) is 11.6. The van der Waals surface area contributed by atoms with E-state index in [1.165, 1.54) is 25.3 Å². The minimum absolute atomic E-state index is 0.0748. The number of benzene rings is 1. The van der Waals surface area contributed by atoms with Crippen molar-refractivity contribution in [3.63, 3.8) is 0 Å². The zero-order valence-corrected chi connectivity index (χ0v) is 19.7. The van der Waals surface area contributed by atoms with Gasteiger partial charge in [0.05, 0.1) is 12.2 Å². The van der Waals surface area contributed by atoms with Crippen LogP contribution in [-0.2, 0) is 9.47 Å². The third-order valence-corrected chi connectivity index (χ3v) is 5.82. The van der Waals surface area contributed by atoms with Crippen molar-refractivity contribution in [3.8, 4) is 0 Å². The number of ether oxygens (including phenoxy) is 2. The van der Waals surface area contributed by atoms with E-state index in [-0.39, 0.29) is 18.4 Å². The van der Waals surface area contributed by atoms with Crippen LogP contribution < -0.4 is 10.6 Å². The maximum Gasteiger partial charge on any atom is 0.340 e. The number of amides is 3. The van der Waals surface area contributed by atoms with Gasteiger partial charge in [-0.1, -0.05) is 6.07 Å². The Morgan fingerprint density at radius 3 is 2.76 bits per heavy atom. The molecule has 184 valence electrons. The second-order valence-electron chi connectivity index (χ2n) is 8.36. The highest BCUT2D eigenvalue weighted by atomic mass is 19.1. The molecule has 0 saturated carbocycles. The van der Waals surface area contributed by atoms with Crippen LogP contribution in [0, 0.1) is 25.6 Å². The summed E-state index contributed by atoms with van der Waals surface area (Å²) in [5, 5.41) is 5.39. The van der Waals surface area contributed by atoms with Crippen molar-refractivity contribution in [2.24, 2.45) is 5.92 Å². The number of hydrogen-bond donors (Lipinski definition) is 3. The van der Waals surface area contributed by atoms with Gasteiger partial charge in [0, 0.05) is 38.1 Å². The number of halogens is 1. The summed E-state index contributed by atoms with van der Waals surface area (Å²) in [5.41, 5.74) is 2.23. The number of piperidine rings is 1. The summed E-state index contributed by atoms with van der Waals surface area (Å²) in [6, 6.07) is 5.23. The number of H-pyrrole nitrogens is 1. The molecule has 0 spiro atoms. The molecular formula is C24H31FN4O5. The van der Waals surface area contributed by atoms with Crippen molar-refractivity contribution >= 4 is 23.6 Å². The normalized spacial score (nSPS) is 15.6. The Morgan fingerprint density at radius 1 is 1.24 bits per heavy atom. The summed E-state index contributed by atoms with van der Waals surface area (Å²) >= 11 is 0. The van der Waals surface area contributed by atoms with Crippen molar-refractivity contribution in [2.75, 3.05) is 45.3 Å². The molecule has 1 saturated heterocycles. The Bertz CT molecular complexity index is 1040. The van der Waals surface area contributed by atoms with Gasteiger partial charge in [-0.3, -0.25) is 4.79 Å². The third kappa shape index (κ3) is 6.34. The number of urea groups is 1. The van der Waals surface area contributed by atoms with E-state index in [9.17, 15) is 18.8 Å². The lowest BCUT2D eigenvalue weighted by atomic mass is 9.97. The maximum absolute atomic E-state index is 13.3. The monoisotopic (exact) mass is 474 g/mol. The average Bonchev–Trinajstić information content (AvgIpc) is 3.11. The number of esters is 1. The van der Waals surface area contributed by atoms with Crippen LogP contribution in [-0.4, -0.2) is 67.7 Å². The summed E-state index contributed by atoms with van der Waals surface area (Å²) in [6.45, 7) is 5.34. The number of methoxy groups -OCH3 is 1. The van der Waals surface area contributed by atoms with E-state index >= 15 is 0 Å². The molecule has 3 N–H and O–H groups in total. The number of aromatic nitrogens is 1. The van der Waals surface area contributed by atoms with Crippen molar-refractivity contribution in [1.82, 2.24) is 15.2 Å². The van der Waals surface area contributed by atoms with Crippen LogP contribution in [0.25, 0.3) is 0 Å². The van der Waals surface area contributed by atoms with Gasteiger partial charge in [0.2, 0.25) is 0 Å². The molecule has 1 atom stereocenters. The molecule has 1 unspecified atom stereocenters. The van der Waals surface area contributed by atoms with Gasteiger partial charge in [-0.2, -0.15) is 0 Å². The molecule has 2 heterocycles. The zero-order chi connectivity index (χ0) is 24.7. The van der Waals surface area contributed by atoms with Crippen molar-refractivity contribution in [1.29, 1.82) is 0 Å². The first kappa shape index (κ1) is 25.2. The molecule has 1 aromatic heterocycles. The lowest BCUT2D eigenvalue weighted by molar-refractivity contribution is 0.0386. The van der Waals surface area contributed by atoms with E-state index in [0.717, 1.165) is 12.8 Å². The molecule has 0 aliphatic carbocycles. The highest BCUT2D eigenvalue weighted by Gasteiger charge is 2.29. The summed E-state index contributed by atoms with van der Waals surface area (Å²) in [6.07, 6.45) is 1.66. The van der Waals surface area contributed by atoms with Gasteiger partial charge >= 0.3 is 12.0 Å². The van der Waals surface area contributed by atoms with Gasteiger partial charge in [0.15, 0.2) is 0 Å². The summed E-state index contributed by atoms with van der Waals surface area (Å²) in [5.74, 6) is -1.04. The Balaban J connectivity index is 1.57. The molecule has 10 heteroatoms. The van der Waals surface area contributed by atoms with Gasteiger partial charge in [-0.15, -0.1) is 0 Å². The van der Waals surface area contributed by atoms with Crippen molar-refractivity contribution in [2.45, 2.75) is 26.7 Å². The number of hydrogen-bond acceptors (Lipinski definition) is 5. The SMILES string of the molecule is COCCOC(=O)c1c(C)[nH]c(C(=O)N2CCCC(CNC(=O)Nc3cccc(F)c3)C2)c1C. The minimum Gasteiger partial charge on any atom is -0.460 e. The number of rotatable bonds is 8.